The number of carboxylic acids is 2. The van der Waals surface area contributed by atoms with Crippen LogP contribution in [0.2, 0.25) is 5.02 Å². The predicted octanol–water partition coefficient (Wildman–Crippen LogP) is 4.27. The first-order chi connectivity index (χ1) is 14.9. The van der Waals surface area contributed by atoms with Crippen molar-refractivity contribution in [1.82, 2.24) is 0 Å². The van der Waals surface area contributed by atoms with Crippen LogP contribution < -0.4 is 10.2 Å². The number of carbonyl (C=O) groups excluding carboxylic acids is 1. The molecule has 0 saturated carbocycles. The van der Waals surface area contributed by atoms with Crippen LogP contribution in [0.5, 0.6) is 0 Å². The van der Waals surface area contributed by atoms with Gasteiger partial charge in [0, 0.05) is 29.9 Å². The quantitative estimate of drug-likeness (QED) is 0.573. The van der Waals surface area contributed by atoms with Crippen molar-refractivity contribution in [1.29, 1.82) is 5.26 Å². The molecule has 0 saturated heterocycles. The molecule has 3 N–H and O–H groups in total. The van der Waals surface area contributed by atoms with Gasteiger partial charge in [-0.3, -0.25) is 4.79 Å². The zero-order valence-electron chi connectivity index (χ0n) is 16.5. The maximum Gasteiger partial charge on any atom is 0.490 e. The van der Waals surface area contributed by atoms with Crippen LogP contribution in [0.4, 0.5) is 24.5 Å². The second-order valence-electron chi connectivity index (χ2n) is 6.13. The standard InChI is InChI=1S/C18H16ClN3O3.C2HF3O2/c1-22(9-3-8-20)16-7-6-14(11-15(16)18(24)25)21-17(23)12-4-2-5-13(19)10-12;3-2(4,5)1(6)7/h2,4-7,10-11H,3,9H2,1H3,(H,21,23)(H,24,25);(H,6,7). The van der Waals surface area contributed by atoms with E-state index >= 15 is 0 Å². The summed E-state index contributed by atoms with van der Waals surface area (Å²) in [6, 6.07) is 13.1. The molecule has 0 spiro atoms. The van der Waals surface area contributed by atoms with Crippen molar-refractivity contribution in [2.75, 3.05) is 23.8 Å². The number of hydrogen-bond donors (Lipinski definition) is 3. The van der Waals surface area contributed by atoms with Gasteiger partial charge in [0.15, 0.2) is 0 Å². The lowest BCUT2D eigenvalue weighted by Crippen LogP contribution is -2.21. The first kappa shape index (κ1) is 26.3. The van der Waals surface area contributed by atoms with Crippen molar-refractivity contribution in [2.45, 2.75) is 12.6 Å². The fourth-order valence-corrected chi connectivity index (χ4v) is 2.48. The van der Waals surface area contributed by atoms with E-state index in [0.717, 1.165) is 0 Å². The number of carbonyl (C=O) groups is 3. The Hall–Kier alpha value is -3.78. The number of aliphatic carboxylic acids is 1. The molecule has 0 radical (unpaired) electrons. The van der Waals surface area contributed by atoms with E-state index in [4.69, 9.17) is 26.8 Å². The number of aromatic carboxylic acids is 1. The van der Waals surface area contributed by atoms with E-state index in [1.807, 2.05) is 6.07 Å². The molecule has 2 rings (SSSR count). The molecule has 170 valence electrons. The predicted molar refractivity (Wildman–Crippen MR) is 110 cm³/mol. The van der Waals surface area contributed by atoms with E-state index < -0.39 is 18.1 Å². The van der Waals surface area contributed by atoms with Gasteiger partial charge in [-0.2, -0.15) is 18.4 Å². The summed E-state index contributed by atoms with van der Waals surface area (Å²) in [7, 11) is 1.71. The van der Waals surface area contributed by atoms with Crippen molar-refractivity contribution in [2.24, 2.45) is 0 Å². The molecule has 0 fully saturated rings. The van der Waals surface area contributed by atoms with E-state index in [1.54, 1.807) is 42.3 Å². The summed E-state index contributed by atoms with van der Waals surface area (Å²) in [6.07, 6.45) is -4.80. The fraction of sp³-hybridized carbons (Fsp3) is 0.200. The van der Waals surface area contributed by atoms with Crippen molar-refractivity contribution in [3.8, 4) is 6.07 Å². The van der Waals surface area contributed by atoms with E-state index in [9.17, 15) is 27.9 Å². The Morgan fingerprint density at radius 1 is 1.16 bits per heavy atom. The first-order valence-corrected chi connectivity index (χ1v) is 9.07. The smallest absolute Gasteiger partial charge is 0.478 e. The number of nitriles is 1. The monoisotopic (exact) mass is 471 g/mol. The summed E-state index contributed by atoms with van der Waals surface area (Å²) >= 11 is 5.87. The van der Waals surface area contributed by atoms with E-state index in [2.05, 4.69) is 5.32 Å². The minimum Gasteiger partial charge on any atom is -0.478 e. The third-order valence-corrected chi connectivity index (χ3v) is 4.02. The van der Waals surface area contributed by atoms with Crippen LogP contribution in [0.25, 0.3) is 0 Å². The molecule has 12 heteroatoms. The number of benzene rings is 2. The normalized spacial score (nSPS) is 10.2. The van der Waals surface area contributed by atoms with E-state index in [-0.39, 0.29) is 17.9 Å². The Bertz CT molecular complexity index is 1040. The number of nitrogens with zero attached hydrogens (tertiary/aromatic N) is 2. The van der Waals surface area contributed by atoms with Crippen molar-refractivity contribution >= 4 is 40.8 Å². The number of alkyl halides is 3. The lowest BCUT2D eigenvalue weighted by atomic mass is 10.1. The molecule has 0 aliphatic carbocycles. The highest BCUT2D eigenvalue weighted by Crippen LogP contribution is 2.24. The van der Waals surface area contributed by atoms with Gasteiger partial charge < -0.3 is 20.4 Å². The van der Waals surface area contributed by atoms with Crippen molar-refractivity contribution in [3.05, 3.63) is 58.6 Å². The molecule has 0 atom stereocenters. The third kappa shape index (κ3) is 8.16. The maximum atomic E-state index is 12.2. The third-order valence-electron chi connectivity index (χ3n) is 3.78. The summed E-state index contributed by atoms with van der Waals surface area (Å²) in [6.45, 7) is 0.408. The summed E-state index contributed by atoms with van der Waals surface area (Å²) in [5.74, 6) is -4.26. The van der Waals surface area contributed by atoms with Gasteiger partial charge in [-0.1, -0.05) is 17.7 Å². The summed E-state index contributed by atoms with van der Waals surface area (Å²) in [5.41, 5.74) is 1.26. The number of halogens is 4. The van der Waals surface area contributed by atoms with Crippen LogP contribution in [0, 0.1) is 11.3 Å². The zero-order valence-corrected chi connectivity index (χ0v) is 17.2. The summed E-state index contributed by atoms with van der Waals surface area (Å²) in [4.78, 5) is 34.4. The van der Waals surface area contributed by atoms with E-state index in [1.165, 1.54) is 12.1 Å². The van der Waals surface area contributed by atoms with Gasteiger partial charge in [-0.05, 0) is 36.4 Å². The Balaban J connectivity index is 0.000000633. The Labute approximate surface area is 185 Å². The van der Waals surface area contributed by atoms with Gasteiger partial charge in [0.1, 0.15) is 0 Å². The Morgan fingerprint density at radius 3 is 2.28 bits per heavy atom. The molecule has 2 aromatic rings. The molecular formula is C20H17ClF3N3O5. The molecule has 0 aromatic heterocycles. The van der Waals surface area contributed by atoms with Gasteiger partial charge in [-0.25, -0.2) is 9.59 Å². The molecule has 8 nitrogen and oxygen atoms in total. The highest BCUT2D eigenvalue weighted by molar-refractivity contribution is 6.31. The molecule has 0 heterocycles. The van der Waals surface area contributed by atoms with Gasteiger partial charge in [0.2, 0.25) is 0 Å². The highest BCUT2D eigenvalue weighted by atomic mass is 35.5. The molecule has 1 amide bonds. The number of anilines is 2. The van der Waals surface area contributed by atoms with Crippen LogP contribution in [-0.2, 0) is 4.79 Å². The van der Waals surface area contributed by atoms with Crippen LogP contribution in [0.3, 0.4) is 0 Å². The summed E-state index contributed by atoms with van der Waals surface area (Å²) < 4.78 is 31.7. The Morgan fingerprint density at radius 2 is 1.78 bits per heavy atom. The first-order valence-electron chi connectivity index (χ1n) is 8.69. The number of amides is 1. The van der Waals surface area contributed by atoms with Crippen LogP contribution >= 0.6 is 11.6 Å². The molecule has 0 aliphatic heterocycles. The maximum absolute atomic E-state index is 12.2. The summed E-state index contributed by atoms with van der Waals surface area (Å²) in [5, 5.41) is 28.3. The van der Waals surface area contributed by atoms with Gasteiger partial charge in [0.25, 0.3) is 5.91 Å². The zero-order chi connectivity index (χ0) is 24.5. The van der Waals surface area contributed by atoms with Gasteiger partial charge in [-0.15, -0.1) is 0 Å². The number of carboxylic acid groups (broad SMARTS) is 2. The molecular weight excluding hydrogens is 455 g/mol. The molecule has 0 aliphatic rings. The van der Waals surface area contributed by atoms with Gasteiger partial charge in [0.05, 0.1) is 23.7 Å². The SMILES string of the molecule is CN(CCC#N)c1ccc(NC(=O)c2cccc(Cl)c2)cc1C(=O)O.O=C(O)C(F)(F)F. The average Bonchev–Trinajstić information content (AvgIpc) is 2.71. The highest BCUT2D eigenvalue weighted by Gasteiger charge is 2.38. The van der Waals surface area contributed by atoms with Crippen LogP contribution in [0.15, 0.2) is 42.5 Å². The van der Waals surface area contributed by atoms with Crippen LogP contribution in [-0.4, -0.2) is 47.8 Å². The molecule has 32 heavy (non-hydrogen) atoms. The molecule has 0 bridgehead atoms. The van der Waals surface area contributed by atoms with E-state index in [0.29, 0.717) is 28.5 Å². The molecule has 2 aromatic carbocycles. The second kappa shape index (κ2) is 11.6. The lowest BCUT2D eigenvalue weighted by molar-refractivity contribution is -0.192. The lowest BCUT2D eigenvalue weighted by Gasteiger charge is -2.20. The number of hydrogen-bond acceptors (Lipinski definition) is 5. The van der Waals surface area contributed by atoms with Crippen LogP contribution in [0.1, 0.15) is 27.1 Å². The number of rotatable bonds is 6. The minimum absolute atomic E-state index is 0.0457. The topological polar surface area (TPSA) is 131 Å². The second-order valence-corrected chi connectivity index (χ2v) is 6.57. The van der Waals surface area contributed by atoms with Gasteiger partial charge >= 0.3 is 18.1 Å². The molecule has 0 unspecified atom stereocenters. The van der Waals surface area contributed by atoms with Crippen molar-refractivity contribution in [3.63, 3.8) is 0 Å². The fourth-order valence-electron chi connectivity index (χ4n) is 2.29. The number of nitrogens with one attached hydrogen (secondary N) is 1. The minimum atomic E-state index is -5.08. The largest absolute Gasteiger partial charge is 0.490 e. The Kier molecular flexibility index (Phi) is 9.49. The van der Waals surface area contributed by atoms with Crippen molar-refractivity contribution < 1.29 is 37.8 Å². The average molecular weight is 472 g/mol.